The number of nitrogens with zero attached hydrogens (tertiary/aromatic N) is 5. The minimum absolute atomic E-state index is 0.0109. The van der Waals surface area contributed by atoms with Gasteiger partial charge in [-0.15, -0.1) is 0 Å². The highest BCUT2D eigenvalue weighted by atomic mass is 16.2. The summed E-state index contributed by atoms with van der Waals surface area (Å²) in [5, 5.41) is 4.75. The molecule has 0 aromatic heterocycles. The van der Waals surface area contributed by atoms with Crippen LogP contribution in [-0.2, 0) is 19.2 Å². The smallest absolute Gasteiger partial charge is 0.257 e. The molecule has 11 heteroatoms. The van der Waals surface area contributed by atoms with Gasteiger partial charge in [-0.05, 0) is 70.0 Å². The van der Waals surface area contributed by atoms with Gasteiger partial charge in [0.2, 0.25) is 17.7 Å². The zero-order valence-corrected chi connectivity index (χ0v) is 27.6. The van der Waals surface area contributed by atoms with E-state index in [-0.39, 0.29) is 47.7 Å². The Morgan fingerprint density at radius 3 is 2.05 bits per heavy atom. The number of piperidine rings is 1. The summed E-state index contributed by atoms with van der Waals surface area (Å²) in [4.78, 5) is 61.9. The van der Waals surface area contributed by atoms with Gasteiger partial charge in [0.1, 0.15) is 12.1 Å². The van der Waals surface area contributed by atoms with E-state index in [9.17, 15) is 19.2 Å². The van der Waals surface area contributed by atoms with Crippen molar-refractivity contribution in [2.45, 2.75) is 110 Å². The van der Waals surface area contributed by atoms with E-state index in [1.807, 2.05) is 34.9 Å². The van der Waals surface area contributed by atoms with Crippen LogP contribution in [0.1, 0.15) is 79.6 Å². The zero-order valence-electron chi connectivity index (χ0n) is 27.6. The monoisotopic (exact) mass is 591 g/mol. The molecule has 5 atom stereocenters. The van der Waals surface area contributed by atoms with Crippen molar-refractivity contribution >= 4 is 23.6 Å². The Hall–Kier alpha value is -2.24. The predicted molar refractivity (Wildman–Crippen MR) is 164 cm³/mol. The first-order valence-electron chi connectivity index (χ1n) is 15.9. The third-order valence-corrected chi connectivity index (χ3v) is 9.33. The number of hydrogen-bond donors (Lipinski definition) is 2. The summed E-state index contributed by atoms with van der Waals surface area (Å²) in [5.41, 5.74) is 2.34. The molecule has 0 aliphatic carbocycles. The number of rotatable bonds is 10. The van der Waals surface area contributed by atoms with E-state index in [0.717, 1.165) is 51.6 Å². The topological polar surface area (TPSA) is 109 Å². The summed E-state index contributed by atoms with van der Waals surface area (Å²) >= 11 is 0. The lowest BCUT2D eigenvalue weighted by molar-refractivity contribution is -0.145. The largest absolute Gasteiger partial charge is 0.342 e. The van der Waals surface area contributed by atoms with Gasteiger partial charge in [-0.3, -0.25) is 34.4 Å². The van der Waals surface area contributed by atoms with Crippen molar-refractivity contribution in [1.29, 1.82) is 0 Å². The highest BCUT2D eigenvalue weighted by molar-refractivity contribution is 5.91. The molecule has 0 radical (unpaired) electrons. The Bertz CT molecular complexity index is 965. The summed E-state index contributed by atoms with van der Waals surface area (Å²) in [6.45, 7) is 13.0. The molecule has 0 unspecified atom stereocenters. The lowest BCUT2D eigenvalue weighted by atomic mass is 9.84. The molecule has 3 fully saturated rings. The number of nitrogens with one attached hydrogen (secondary N) is 2. The van der Waals surface area contributed by atoms with Gasteiger partial charge in [-0.1, -0.05) is 41.0 Å². The van der Waals surface area contributed by atoms with E-state index < -0.39 is 17.5 Å². The van der Waals surface area contributed by atoms with E-state index >= 15 is 0 Å². The lowest BCUT2D eigenvalue weighted by Crippen LogP contribution is -2.61. The fourth-order valence-corrected chi connectivity index (χ4v) is 6.80. The van der Waals surface area contributed by atoms with Crippen molar-refractivity contribution in [2.24, 2.45) is 11.3 Å². The quantitative estimate of drug-likeness (QED) is 0.371. The van der Waals surface area contributed by atoms with Crippen molar-refractivity contribution in [3.8, 4) is 0 Å². The van der Waals surface area contributed by atoms with Crippen LogP contribution in [0.4, 0.5) is 0 Å². The first kappa shape index (κ1) is 34.3. The van der Waals surface area contributed by atoms with Gasteiger partial charge in [0.25, 0.3) is 5.91 Å². The van der Waals surface area contributed by atoms with Crippen molar-refractivity contribution in [3.05, 3.63) is 0 Å². The molecule has 3 aliphatic rings. The molecule has 11 nitrogen and oxygen atoms in total. The Morgan fingerprint density at radius 2 is 1.45 bits per heavy atom. The predicted octanol–water partition coefficient (Wildman–Crippen LogP) is 1.53. The molecule has 3 rings (SSSR count). The number of carbonyl (C=O) groups is 4. The fraction of sp³-hybridized carbons (Fsp3) is 0.871. The fourth-order valence-electron chi connectivity index (χ4n) is 6.80. The van der Waals surface area contributed by atoms with Crippen molar-refractivity contribution in [3.63, 3.8) is 0 Å². The summed E-state index contributed by atoms with van der Waals surface area (Å²) in [6.07, 6.45) is 6.03. The van der Waals surface area contributed by atoms with Gasteiger partial charge >= 0.3 is 0 Å². The van der Waals surface area contributed by atoms with E-state index in [2.05, 4.69) is 34.4 Å². The molecule has 0 spiro atoms. The Balaban J connectivity index is 1.73. The Kier molecular flexibility index (Phi) is 11.8. The zero-order chi connectivity index (χ0) is 31.4. The van der Waals surface area contributed by atoms with E-state index in [4.69, 9.17) is 0 Å². The highest BCUT2D eigenvalue weighted by Crippen LogP contribution is 2.28. The molecule has 42 heavy (non-hydrogen) atoms. The SMILES string of the molecule is CC(C)[C@@H](CN1CCC[C@H]1C(=O)N1CCC[C@H]1C(=O)NN(C)C)N(C)C(=O)[C@@H](NC(=O)[C@H]1CCCCN1C)C(C)(C)C. The van der Waals surface area contributed by atoms with Gasteiger partial charge in [-0.2, -0.15) is 0 Å². The van der Waals surface area contributed by atoms with Crippen LogP contribution in [0.25, 0.3) is 0 Å². The Morgan fingerprint density at radius 1 is 0.833 bits per heavy atom. The molecular formula is C31H57N7O4. The molecule has 4 amide bonds. The molecule has 3 heterocycles. The van der Waals surface area contributed by atoms with Crippen LogP contribution >= 0.6 is 0 Å². The summed E-state index contributed by atoms with van der Waals surface area (Å²) in [6, 6.07) is -1.78. The molecule has 0 aromatic carbocycles. The standard InChI is InChI=1S/C31H57N7O4/c1-21(2)25(36(9)30(42)26(31(3,4)5)32-27(39)22-14-10-11-17-35(22)8)20-37-18-12-16-24(37)29(41)38-19-13-15-23(38)28(40)33-34(6)7/h21-26H,10-20H2,1-9H3,(H,32,39)(H,33,40)/t22-,23+,24+,25-,26-/m1/s1. The van der Waals surface area contributed by atoms with Crippen LogP contribution in [0.3, 0.4) is 0 Å². The number of likely N-dealkylation sites (tertiary alicyclic amines) is 3. The maximum atomic E-state index is 14.1. The van der Waals surface area contributed by atoms with Gasteiger partial charge in [-0.25, -0.2) is 5.01 Å². The third kappa shape index (κ3) is 8.23. The molecule has 3 saturated heterocycles. The number of likely N-dealkylation sites (N-methyl/N-ethyl adjacent to an activating group) is 2. The van der Waals surface area contributed by atoms with Crippen LogP contribution in [0.15, 0.2) is 0 Å². The first-order valence-corrected chi connectivity index (χ1v) is 15.9. The second-order valence-corrected chi connectivity index (χ2v) is 14.3. The van der Waals surface area contributed by atoms with Crippen LogP contribution in [0, 0.1) is 11.3 Å². The van der Waals surface area contributed by atoms with E-state index in [1.165, 1.54) is 0 Å². The molecule has 0 saturated carbocycles. The maximum absolute atomic E-state index is 14.1. The average Bonchev–Trinajstić information content (AvgIpc) is 3.58. The molecular weight excluding hydrogens is 534 g/mol. The normalized spacial score (nSPS) is 25.5. The maximum Gasteiger partial charge on any atom is 0.257 e. The lowest BCUT2D eigenvalue weighted by Gasteiger charge is -2.41. The number of amides is 4. The van der Waals surface area contributed by atoms with Crippen LogP contribution in [0.2, 0.25) is 0 Å². The summed E-state index contributed by atoms with van der Waals surface area (Å²) in [7, 11) is 7.35. The number of carbonyl (C=O) groups excluding carboxylic acids is 4. The van der Waals surface area contributed by atoms with E-state index in [1.54, 1.807) is 28.9 Å². The van der Waals surface area contributed by atoms with Crippen LogP contribution in [0.5, 0.6) is 0 Å². The van der Waals surface area contributed by atoms with Crippen molar-refractivity contribution in [1.82, 2.24) is 35.4 Å². The first-order chi connectivity index (χ1) is 19.6. The van der Waals surface area contributed by atoms with Gasteiger partial charge < -0.3 is 15.1 Å². The minimum Gasteiger partial charge on any atom is -0.342 e. The third-order valence-electron chi connectivity index (χ3n) is 9.33. The van der Waals surface area contributed by atoms with Crippen molar-refractivity contribution < 1.29 is 19.2 Å². The molecule has 240 valence electrons. The van der Waals surface area contributed by atoms with Gasteiger partial charge in [0, 0.05) is 40.3 Å². The number of hydrogen-bond acceptors (Lipinski definition) is 7. The molecule has 0 aromatic rings. The highest BCUT2D eigenvalue weighted by Gasteiger charge is 2.43. The summed E-state index contributed by atoms with van der Waals surface area (Å²) < 4.78 is 0. The average molecular weight is 592 g/mol. The van der Waals surface area contributed by atoms with Crippen molar-refractivity contribution in [2.75, 3.05) is 54.4 Å². The Labute approximate surface area is 253 Å². The van der Waals surface area contributed by atoms with E-state index in [0.29, 0.717) is 19.5 Å². The second-order valence-electron chi connectivity index (χ2n) is 14.3. The van der Waals surface area contributed by atoms with Crippen LogP contribution < -0.4 is 10.7 Å². The second kappa shape index (κ2) is 14.5. The van der Waals surface area contributed by atoms with Crippen LogP contribution in [-0.4, -0.2) is 133 Å². The minimum atomic E-state index is -0.664. The number of hydrazine groups is 1. The van der Waals surface area contributed by atoms with Gasteiger partial charge in [0.15, 0.2) is 0 Å². The molecule has 3 aliphatic heterocycles. The van der Waals surface area contributed by atoms with Gasteiger partial charge in [0.05, 0.1) is 12.1 Å². The molecule has 2 N–H and O–H groups in total. The summed E-state index contributed by atoms with van der Waals surface area (Å²) in [5.74, 6) is -0.174. The molecule has 0 bridgehead atoms.